The predicted octanol–water partition coefficient (Wildman–Crippen LogP) is 6.72. The van der Waals surface area contributed by atoms with Crippen molar-refractivity contribution in [2.24, 2.45) is 5.10 Å². The first-order valence-corrected chi connectivity index (χ1v) is 14.6. The van der Waals surface area contributed by atoms with E-state index in [4.69, 9.17) is 21.0 Å². The number of fused-ring (bicyclic) bond motifs is 1. The lowest BCUT2D eigenvalue weighted by Crippen LogP contribution is -2.39. The first-order valence-electron chi connectivity index (χ1n) is 14.6. The van der Waals surface area contributed by atoms with Crippen LogP contribution in [0.1, 0.15) is 63.3 Å². The Hall–Kier alpha value is -4.83. The van der Waals surface area contributed by atoms with Crippen molar-refractivity contribution in [3.8, 4) is 23.5 Å². The summed E-state index contributed by atoms with van der Waals surface area (Å²) < 4.78 is 11.4. The predicted molar refractivity (Wildman–Crippen MR) is 172 cm³/mol. The second-order valence-corrected chi connectivity index (χ2v) is 9.98. The van der Waals surface area contributed by atoms with E-state index in [1.54, 1.807) is 11.9 Å². The number of nitrogens with zero attached hydrogens (tertiary/aromatic N) is 2. The number of nitrogens with one attached hydrogen (secondary N) is 1. The fourth-order valence-corrected chi connectivity index (χ4v) is 4.51. The Bertz CT molecular complexity index is 1480. The van der Waals surface area contributed by atoms with Crippen molar-refractivity contribution in [1.29, 1.82) is 0 Å². The lowest BCUT2D eigenvalue weighted by Gasteiger charge is -2.32. The van der Waals surface area contributed by atoms with E-state index in [1.807, 2.05) is 63.2 Å². The number of rotatable bonds is 10. The molecule has 1 N–H and O–H groups in total. The Labute approximate surface area is 255 Å². The zero-order valence-electron chi connectivity index (χ0n) is 25.8. The Morgan fingerprint density at radius 3 is 2.21 bits per heavy atom. The summed E-state index contributed by atoms with van der Waals surface area (Å²) in [6.07, 6.45) is 6.59. The van der Waals surface area contributed by atoms with Gasteiger partial charge in [-0.05, 0) is 55.0 Å². The van der Waals surface area contributed by atoms with Gasteiger partial charge in [0.05, 0.1) is 13.2 Å². The van der Waals surface area contributed by atoms with Crippen LogP contribution in [0.3, 0.4) is 0 Å². The highest BCUT2D eigenvalue weighted by atomic mass is 16.5. The number of hydrazone groups is 1. The fraction of sp³-hybridized carbons (Fsp3) is 0.306. The monoisotopic (exact) mass is 579 g/mol. The number of aryl methyl sites for hydroxylation is 1. The van der Waals surface area contributed by atoms with Crippen molar-refractivity contribution in [3.05, 3.63) is 101 Å². The van der Waals surface area contributed by atoms with E-state index in [-0.39, 0.29) is 25.5 Å². The summed E-state index contributed by atoms with van der Waals surface area (Å²) in [7, 11) is 0. The molecule has 1 amide bonds. The minimum Gasteiger partial charge on any atom is -0.486 e. The number of terminal acetylenes is 1. The van der Waals surface area contributed by atoms with Crippen LogP contribution in [0.2, 0.25) is 0 Å². The molecule has 0 atom stereocenters. The molecule has 0 saturated heterocycles. The van der Waals surface area contributed by atoms with E-state index in [1.165, 1.54) is 5.56 Å². The first-order chi connectivity index (χ1) is 20.8. The zero-order chi connectivity index (χ0) is 31.2. The van der Waals surface area contributed by atoms with Crippen LogP contribution in [0.15, 0.2) is 83.6 Å². The molecule has 1 aliphatic heterocycles. The average Bonchev–Trinajstić information content (AvgIpc) is 3.02. The maximum atomic E-state index is 13.6. The van der Waals surface area contributed by atoms with Gasteiger partial charge < -0.3 is 14.8 Å². The Balaban J connectivity index is 0.00000119. The van der Waals surface area contributed by atoms with Crippen molar-refractivity contribution in [2.75, 3.05) is 13.2 Å². The highest BCUT2D eigenvalue weighted by molar-refractivity contribution is 6.02. The van der Waals surface area contributed by atoms with Crippen LogP contribution in [-0.2, 0) is 38.6 Å². The fourth-order valence-electron chi connectivity index (χ4n) is 4.51. The van der Waals surface area contributed by atoms with E-state index in [2.05, 4.69) is 48.5 Å². The second kappa shape index (κ2) is 16.6. The van der Waals surface area contributed by atoms with Crippen LogP contribution in [0.4, 0.5) is 0 Å². The standard InChI is InChI=1S/C32H35N3O4.C4H6/c1-5-23-15-17-25(18-16-23)26-13-10-14-27-28(26)20-35(34-22(3)4)30(32(37)33-19-29(36)38-6-2)31(27)39-21-24-11-8-7-9-12-24;1-3-4-2/h7-18H,5-6,19-21H2,1-4H3,(H,33,37);1H,4H2,2H3. The minimum absolute atomic E-state index is 0.240. The van der Waals surface area contributed by atoms with E-state index in [9.17, 15) is 9.59 Å². The maximum absolute atomic E-state index is 13.6. The maximum Gasteiger partial charge on any atom is 0.325 e. The topological polar surface area (TPSA) is 80.2 Å². The van der Waals surface area contributed by atoms with Gasteiger partial charge in [-0.2, -0.15) is 5.10 Å². The van der Waals surface area contributed by atoms with Crippen molar-refractivity contribution in [1.82, 2.24) is 10.3 Å². The molecule has 4 rings (SSSR count). The number of hydrogen-bond donors (Lipinski definition) is 1. The minimum atomic E-state index is -0.506. The van der Waals surface area contributed by atoms with E-state index in [0.717, 1.165) is 46.4 Å². The van der Waals surface area contributed by atoms with Crippen LogP contribution in [0.5, 0.6) is 0 Å². The summed E-state index contributed by atoms with van der Waals surface area (Å²) in [6.45, 7) is 10.2. The zero-order valence-corrected chi connectivity index (χ0v) is 25.8. The molecular weight excluding hydrogens is 538 g/mol. The molecule has 0 aliphatic carbocycles. The third kappa shape index (κ3) is 9.08. The number of benzene rings is 3. The average molecular weight is 580 g/mol. The first kappa shape index (κ1) is 32.7. The van der Waals surface area contributed by atoms with E-state index >= 15 is 0 Å². The van der Waals surface area contributed by atoms with Gasteiger partial charge in [0.15, 0.2) is 11.5 Å². The number of carbonyl (C=O) groups is 2. The Morgan fingerprint density at radius 1 is 0.930 bits per heavy atom. The smallest absolute Gasteiger partial charge is 0.325 e. The molecule has 0 fully saturated rings. The molecule has 0 radical (unpaired) electrons. The highest BCUT2D eigenvalue weighted by Crippen LogP contribution is 2.39. The summed E-state index contributed by atoms with van der Waals surface area (Å²) in [6, 6.07) is 24.4. The highest BCUT2D eigenvalue weighted by Gasteiger charge is 2.33. The molecular formula is C36H41N3O4. The lowest BCUT2D eigenvalue weighted by molar-refractivity contribution is -0.143. The van der Waals surface area contributed by atoms with Crippen LogP contribution >= 0.6 is 0 Å². The van der Waals surface area contributed by atoms with Gasteiger partial charge in [-0.1, -0.05) is 86.6 Å². The third-order valence-electron chi connectivity index (χ3n) is 6.54. The molecule has 0 saturated carbocycles. The number of hydrogen-bond acceptors (Lipinski definition) is 6. The number of ether oxygens (including phenoxy) is 2. The lowest BCUT2D eigenvalue weighted by atomic mass is 9.91. The SMILES string of the molecule is C#CCC.CCOC(=O)CNC(=O)C1=C(OCc2ccccc2)c2cccc(-c3ccc(CC)cc3)c2CN1N=C(C)C. The van der Waals surface area contributed by atoms with Crippen LogP contribution in [0, 0.1) is 12.3 Å². The van der Waals surface area contributed by atoms with Gasteiger partial charge in [0.1, 0.15) is 13.2 Å². The Kier molecular flexibility index (Phi) is 12.6. The summed E-state index contributed by atoms with van der Waals surface area (Å²) in [5.74, 6) is 1.88. The Morgan fingerprint density at radius 2 is 1.60 bits per heavy atom. The van der Waals surface area contributed by atoms with Crippen molar-refractivity contribution < 1.29 is 19.1 Å². The number of esters is 1. The van der Waals surface area contributed by atoms with Crippen molar-refractivity contribution in [3.63, 3.8) is 0 Å². The molecule has 1 heterocycles. The molecule has 0 unspecified atom stereocenters. The van der Waals surface area contributed by atoms with Crippen molar-refractivity contribution in [2.45, 2.75) is 60.6 Å². The van der Waals surface area contributed by atoms with Crippen LogP contribution < -0.4 is 5.32 Å². The summed E-state index contributed by atoms with van der Waals surface area (Å²) in [5, 5.41) is 9.07. The van der Waals surface area contributed by atoms with Crippen LogP contribution in [-0.4, -0.2) is 35.7 Å². The molecule has 7 heteroatoms. The molecule has 0 bridgehead atoms. The largest absolute Gasteiger partial charge is 0.486 e. The molecule has 1 aliphatic rings. The van der Waals surface area contributed by atoms with Gasteiger partial charge in [0.2, 0.25) is 0 Å². The molecule has 3 aromatic carbocycles. The molecule has 3 aromatic rings. The van der Waals surface area contributed by atoms with Gasteiger partial charge in [-0.25, -0.2) is 0 Å². The quantitative estimate of drug-likeness (QED) is 0.164. The molecule has 0 spiro atoms. The molecule has 43 heavy (non-hydrogen) atoms. The normalized spacial score (nSPS) is 11.8. The van der Waals surface area contributed by atoms with Crippen LogP contribution in [0.25, 0.3) is 16.9 Å². The van der Waals surface area contributed by atoms with Gasteiger partial charge >= 0.3 is 5.97 Å². The second-order valence-electron chi connectivity index (χ2n) is 9.98. The summed E-state index contributed by atoms with van der Waals surface area (Å²) in [4.78, 5) is 25.6. The van der Waals surface area contributed by atoms with E-state index < -0.39 is 11.9 Å². The van der Waals surface area contributed by atoms with Gasteiger partial charge in [-0.15, -0.1) is 12.3 Å². The molecule has 224 valence electrons. The molecule has 7 nitrogen and oxygen atoms in total. The van der Waals surface area contributed by atoms with Gasteiger partial charge in [0, 0.05) is 17.7 Å². The van der Waals surface area contributed by atoms with Crippen molar-refractivity contribution >= 4 is 23.3 Å². The summed E-state index contributed by atoms with van der Waals surface area (Å²) in [5.41, 5.74) is 7.24. The van der Waals surface area contributed by atoms with E-state index in [0.29, 0.717) is 12.3 Å². The summed E-state index contributed by atoms with van der Waals surface area (Å²) >= 11 is 0. The molecule has 0 aromatic heterocycles. The third-order valence-corrected chi connectivity index (χ3v) is 6.54. The number of carbonyl (C=O) groups excluding carboxylic acids is 2. The van der Waals surface area contributed by atoms with Gasteiger partial charge in [0.25, 0.3) is 5.91 Å². The van der Waals surface area contributed by atoms with Gasteiger partial charge in [-0.3, -0.25) is 14.6 Å². The number of amides is 1.